The number of rotatable bonds is 2. The van der Waals surface area contributed by atoms with Crippen molar-refractivity contribution in [1.82, 2.24) is 0 Å². The van der Waals surface area contributed by atoms with Crippen molar-refractivity contribution in [2.75, 3.05) is 10.6 Å². The second-order valence-corrected chi connectivity index (χ2v) is 5.50. The van der Waals surface area contributed by atoms with E-state index in [4.69, 9.17) is 0 Å². The molecule has 0 spiro atoms. The minimum absolute atomic E-state index is 0.290. The van der Waals surface area contributed by atoms with E-state index in [1.165, 1.54) is 18.2 Å². The highest BCUT2D eigenvalue weighted by Crippen LogP contribution is 2.34. The van der Waals surface area contributed by atoms with Gasteiger partial charge in [-0.15, -0.1) is 0 Å². The highest BCUT2D eigenvalue weighted by molar-refractivity contribution is 9.10. The number of carbonyl (C=O) groups is 1. The first kappa shape index (κ1) is 16.4. The normalized spacial score (nSPS) is 11.1. The lowest BCUT2D eigenvalue weighted by atomic mass is 10.1. The largest absolute Gasteiger partial charge is 0.418 e. The second kappa shape index (κ2) is 6.39. The number of aryl methyl sites for hydroxylation is 1. The van der Waals surface area contributed by atoms with Crippen LogP contribution >= 0.6 is 15.9 Å². The van der Waals surface area contributed by atoms with Crippen LogP contribution in [0.5, 0.6) is 0 Å². The maximum atomic E-state index is 12.9. The fourth-order valence-electron chi connectivity index (χ4n) is 1.88. The van der Waals surface area contributed by atoms with Crippen LogP contribution in [0.15, 0.2) is 46.9 Å². The third-order valence-corrected chi connectivity index (χ3v) is 3.41. The minimum atomic E-state index is -4.53. The van der Waals surface area contributed by atoms with Crippen LogP contribution in [0.25, 0.3) is 0 Å². The van der Waals surface area contributed by atoms with Crippen molar-refractivity contribution in [2.45, 2.75) is 13.1 Å². The SMILES string of the molecule is Cc1cc(Br)ccc1NC(=O)Nc1ccccc1C(F)(F)F. The van der Waals surface area contributed by atoms with E-state index in [1.807, 2.05) is 0 Å². The predicted octanol–water partition coefficient (Wildman–Crippen LogP) is 5.42. The van der Waals surface area contributed by atoms with Gasteiger partial charge in [-0.1, -0.05) is 28.1 Å². The molecular formula is C15H12BrF3N2O. The van der Waals surface area contributed by atoms with Gasteiger partial charge in [-0.2, -0.15) is 13.2 Å². The van der Waals surface area contributed by atoms with Crippen molar-refractivity contribution >= 4 is 33.3 Å². The Hall–Kier alpha value is -2.02. The Labute approximate surface area is 133 Å². The van der Waals surface area contributed by atoms with Gasteiger partial charge < -0.3 is 10.6 Å². The summed E-state index contributed by atoms with van der Waals surface area (Å²) in [4.78, 5) is 11.9. The quantitative estimate of drug-likeness (QED) is 0.725. The molecule has 0 unspecified atom stereocenters. The molecule has 7 heteroatoms. The van der Waals surface area contributed by atoms with Crippen LogP contribution in [0.4, 0.5) is 29.3 Å². The van der Waals surface area contributed by atoms with Crippen molar-refractivity contribution in [2.24, 2.45) is 0 Å². The summed E-state index contributed by atoms with van der Waals surface area (Å²) in [7, 11) is 0. The third kappa shape index (κ3) is 4.00. The Bertz CT molecular complexity index is 701. The van der Waals surface area contributed by atoms with Crippen LogP contribution in [-0.2, 0) is 6.18 Å². The average Bonchev–Trinajstić information content (AvgIpc) is 2.41. The van der Waals surface area contributed by atoms with Gasteiger partial charge in [0.2, 0.25) is 0 Å². The number of hydrogen-bond acceptors (Lipinski definition) is 1. The molecule has 2 rings (SSSR count). The third-order valence-electron chi connectivity index (χ3n) is 2.92. The summed E-state index contributed by atoms with van der Waals surface area (Å²) >= 11 is 3.29. The molecule has 0 heterocycles. The monoisotopic (exact) mass is 372 g/mol. The van der Waals surface area contributed by atoms with Gasteiger partial charge in [-0.3, -0.25) is 0 Å². The van der Waals surface area contributed by atoms with Crippen LogP contribution < -0.4 is 10.6 Å². The molecule has 2 amide bonds. The van der Waals surface area contributed by atoms with E-state index in [0.717, 1.165) is 16.1 Å². The molecule has 0 fully saturated rings. The Kier molecular flexibility index (Phi) is 4.75. The molecule has 116 valence electrons. The number of hydrogen-bond donors (Lipinski definition) is 2. The molecular weight excluding hydrogens is 361 g/mol. The summed E-state index contributed by atoms with van der Waals surface area (Å²) in [5, 5.41) is 4.75. The number of para-hydroxylation sites is 1. The number of halogens is 4. The van der Waals surface area contributed by atoms with Crippen molar-refractivity contribution in [3.05, 3.63) is 58.1 Å². The van der Waals surface area contributed by atoms with E-state index < -0.39 is 17.8 Å². The lowest BCUT2D eigenvalue weighted by Gasteiger charge is -2.14. The van der Waals surface area contributed by atoms with Gasteiger partial charge >= 0.3 is 12.2 Å². The van der Waals surface area contributed by atoms with Crippen molar-refractivity contribution in [3.63, 3.8) is 0 Å². The minimum Gasteiger partial charge on any atom is -0.307 e. The Morgan fingerprint density at radius 2 is 1.68 bits per heavy atom. The zero-order chi connectivity index (χ0) is 16.3. The zero-order valence-electron chi connectivity index (χ0n) is 11.5. The average molecular weight is 373 g/mol. The summed E-state index contributed by atoms with van der Waals surface area (Å²) < 4.78 is 39.4. The Balaban J connectivity index is 2.16. The maximum absolute atomic E-state index is 12.9. The number of nitrogens with one attached hydrogen (secondary N) is 2. The fraction of sp³-hybridized carbons (Fsp3) is 0.133. The molecule has 0 bridgehead atoms. The molecule has 2 aromatic carbocycles. The van der Waals surface area contributed by atoms with Crippen LogP contribution in [-0.4, -0.2) is 6.03 Å². The van der Waals surface area contributed by atoms with Gasteiger partial charge in [0.05, 0.1) is 11.3 Å². The maximum Gasteiger partial charge on any atom is 0.418 e. The number of anilines is 2. The van der Waals surface area contributed by atoms with Gasteiger partial charge in [0, 0.05) is 10.2 Å². The molecule has 22 heavy (non-hydrogen) atoms. The number of amides is 2. The molecule has 0 aliphatic rings. The van der Waals surface area contributed by atoms with E-state index >= 15 is 0 Å². The van der Waals surface area contributed by atoms with Crippen molar-refractivity contribution in [3.8, 4) is 0 Å². The molecule has 0 radical (unpaired) electrons. The molecule has 2 aromatic rings. The summed E-state index contributed by atoms with van der Waals surface area (Å²) in [5.41, 5.74) is 0.124. The van der Waals surface area contributed by atoms with Gasteiger partial charge in [0.15, 0.2) is 0 Å². The highest BCUT2D eigenvalue weighted by Gasteiger charge is 2.33. The van der Waals surface area contributed by atoms with Crippen molar-refractivity contribution in [1.29, 1.82) is 0 Å². The molecule has 2 N–H and O–H groups in total. The van der Waals surface area contributed by atoms with E-state index in [9.17, 15) is 18.0 Å². The van der Waals surface area contributed by atoms with Gasteiger partial charge in [-0.25, -0.2) is 4.79 Å². The van der Waals surface area contributed by atoms with E-state index in [-0.39, 0.29) is 5.69 Å². The van der Waals surface area contributed by atoms with Gasteiger partial charge in [0.25, 0.3) is 0 Å². The molecule has 0 aliphatic heterocycles. The van der Waals surface area contributed by atoms with Crippen LogP contribution in [0.3, 0.4) is 0 Å². The smallest absolute Gasteiger partial charge is 0.307 e. The zero-order valence-corrected chi connectivity index (χ0v) is 13.0. The van der Waals surface area contributed by atoms with E-state index in [2.05, 4.69) is 26.6 Å². The summed E-state index contributed by atoms with van der Waals surface area (Å²) in [6, 6.07) is 9.26. The van der Waals surface area contributed by atoms with Crippen molar-refractivity contribution < 1.29 is 18.0 Å². The lowest BCUT2D eigenvalue weighted by Crippen LogP contribution is -2.22. The first-order valence-electron chi connectivity index (χ1n) is 6.28. The van der Waals surface area contributed by atoms with Crippen LogP contribution in [0, 0.1) is 6.92 Å². The first-order valence-corrected chi connectivity index (χ1v) is 7.07. The molecule has 0 atom stereocenters. The summed E-state index contributed by atoms with van der Waals surface area (Å²) in [6.07, 6.45) is -4.53. The molecule has 0 saturated carbocycles. The lowest BCUT2D eigenvalue weighted by molar-refractivity contribution is -0.136. The topological polar surface area (TPSA) is 41.1 Å². The highest BCUT2D eigenvalue weighted by atomic mass is 79.9. The molecule has 0 aliphatic carbocycles. The van der Waals surface area contributed by atoms with Crippen LogP contribution in [0.1, 0.15) is 11.1 Å². The van der Waals surface area contributed by atoms with Gasteiger partial charge in [0.1, 0.15) is 0 Å². The predicted molar refractivity (Wildman–Crippen MR) is 83.0 cm³/mol. The number of benzene rings is 2. The van der Waals surface area contributed by atoms with Gasteiger partial charge in [-0.05, 0) is 42.8 Å². The summed E-state index contributed by atoms with van der Waals surface area (Å²) in [5.74, 6) is 0. The second-order valence-electron chi connectivity index (χ2n) is 4.58. The Morgan fingerprint density at radius 3 is 2.32 bits per heavy atom. The number of carbonyl (C=O) groups excluding carboxylic acids is 1. The van der Waals surface area contributed by atoms with E-state index in [1.54, 1.807) is 25.1 Å². The Morgan fingerprint density at radius 1 is 1.05 bits per heavy atom. The van der Waals surface area contributed by atoms with E-state index in [0.29, 0.717) is 5.69 Å². The molecule has 0 saturated heterocycles. The number of urea groups is 1. The standard InChI is InChI=1S/C15H12BrF3N2O/c1-9-8-10(16)6-7-12(9)20-14(22)21-13-5-3-2-4-11(13)15(17,18)19/h2-8H,1H3,(H2,20,21,22). The molecule has 0 aromatic heterocycles. The number of alkyl halides is 3. The summed E-state index contributed by atoms with van der Waals surface area (Å²) in [6.45, 7) is 1.78. The fourth-order valence-corrected chi connectivity index (χ4v) is 2.36. The van der Waals surface area contributed by atoms with Crippen LogP contribution in [0.2, 0.25) is 0 Å². The first-order chi connectivity index (χ1) is 10.3. The molecule has 3 nitrogen and oxygen atoms in total.